The molecule has 0 aromatic carbocycles. The van der Waals surface area contributed by atoms with Crippen molar-refractivity contribution in [1.82, 2.24) is 4.90 Å². The molecule has 0 amide bonds. The second kappa shape index (κ2) is 3.78. The molecule has 1 atom stereocenters. The van der Waals surface area contributed by atoms with Crippen LogP contribution in [0.15, 0.2) is 0 Å². The summed E-state index contributed by atoms with van der Waals surface area (Å²) in [5.74, 6) is -0.0874. The standard InChI is InChI=1S/C12H23NO2/c1-11(2,3)15-10(14)9-7-12(4,5)8-13(9)6/h9H,7-8H2,1-6H3/t9-/m0/s1. The van der Waals surface area contributed by atoms with Crippen molar-refractivity contribution in [3.63, 3.8) is 0 Å². The molecule has 1 rings (SSSR count). The summed E-state index contributed by atoms with van der Waals surface area (Å²) in [5.41, 5.74) is -0.166. The van der Waals surface area contributed by atoms with Crippen LogP contribution in [0.5, 0.6) is 0 Å². The van der Waals surface area contributed by atoms with E-state index in [0.717, 1.165) is 13.0 Å². The summed E-state index contributed by atoms with van der Waals surface area (Å²) in [6.45, 7) is 11.1. The summed E-state index contributed by atoms with van der Waals surface area (Å²) < 4.78 is 5.40. The van der Waals surface area contributed by atoms with Gasteiger partial charge in [-0.25, -0.2) is 0 Å². The molecule has 3 heteroatoms. The number of likely N-dealkylation sites (tertiary alicyclic amines) is 1. The van der Waals surface area contributed by atoms with Crippen LogP contribution in [0, 0.1) is 5.41 Å². The normalized spacial score (nSPS) is 26.7. The van der Waals surface area contributed by atoms with Gasteiger partial charge in [-0.15, -0.1) is 0 Å². The molecule has 0 aromatic rings. The van der Waals surface area contributed by atoms with Gasteiger partial charge in [-0.3, -0.25) is 9.69 Å². The van der Waals surface area contributed by atoms with Gasteiger partial charge in [0.25, 0.3) is 0 Å². The predicted octanol–water partition coefficient (Wildman–Crippen LogP) is 2.06. The Kier molecular flexibility index (Phi) is 3.15. The van der Waals surface area contributed by atoms with E-state index in [9.17, 15) is 4.79 Å². The van der Waals surface area contributed by atoms with Gasteiger partial charge >= 0.3 is 5.97 Å². The van der Waals surface area contributed by atoms with E-state index in [-0.39, 0.29) is 23.0 Å². The van der Waals surface area contributed by atoms with Crippen molar-refractivity contribution in [3.8, 4) is 0 Å². The number of nitrogens with zero attached hydrogens (tertiary/aromatic N) is 1. The van der Waals surface area contributed by atoms with Gasteiger partial charge in [0.2, 0.25) is 0 Å². The largest absolute Gasteiger partial charge is 0.459 e. The highest BCUT2D eigenvalue weighted by atomic mass is 16.6. The Labute approximate surface area is 92.8 Å². The average Bonchev–Trinajstić information content (AvgIpc) is 2.20. The molecule has 3 nitrogen and oxygen atoms in total. The molecule has 1 aliphatic rings. The molecular weight excluding hydrogens is 190 g/mol. The number of carbonyl (C=O) groups is 1. The number of ether oxygens (including phenoxy) is 1. The summed E-state index contributed by atoms with van der Waals surface area (Å²) >= 11 is 0. The fourth-order valence-corrected chi connectivity index (χ4v) is 2.16. The van der Waals surface area contributed by atoms with Gasteiger partial charge in [0, 0.05) is 6.54 Å². The molecule has 0 bridgehead atoms. The van der Waals surface area contributed by atoms with Crippen molar-refractivity contribution in [3.05, 3.63) is 0 Å². The topological polar surface area (TPSA) is 29.5 Å². The first-order valence-electron chi connectivity index (χ1n) is 5.54. The average molecular weight is 213 g/mol. The molecule has 1 saturated heterocycles. The van der Waals surface area contributed by atoms with Crippen LogP contribution in [0.4, 0.5) is 0 Å². The highest BCUT2D eigenvalue weighted by Crippen LogP contribution is 2.33. The van der Waals surface area contributed by atoms with Gasteiger partial charge in [0.1, 0.15) is 11.6 Å². The number of carbonyl (C=O) groups excluding carboxylic acids is 1. The van der Waals surface area contributed by atoms with Crippen LogP contribution >= 0.6 is 0 Å². The quantitative estimate of drug-likeness (QED) is 0.624. The van der Waals surface area contributed by atoms with Crippen LogP contribution in [0.25, 0.3) is 0 Å². The minimum Gasteiger partial charge on any atom is -0.459 e. The Morgan fingerprint density at radius 2 is 1.93 bits per heavy atom. The molecule has 0 N–H and O–H groups in total. The van der Waals surface area contributed by atoms with Crippen LogP contribution in [0.1, 0.15) is 41.0 Å². The second-order valence-electron chi connectivity index (χ2n) is 6.33. The van der Waals surface area contributed by atoms with Gasteiger partial charge in [-0.2, -0.15) is 0 Å². The van der Waals surface area contributed by atoms with Crippen LogP contribution in [-0.2, 0) is 9.53 Å². The number of rotatable bonds is 1. The minimum atomic E-state index is -0.384. The van der Waals surface area contributed by atoms with E-state index >= 15 is 0 Å². The third-order valence-corrected chi connectivity index (χ3v) is 2.63. The first-order valence-corrected chi connectivity index (χ1v) is 5.54. The molecule has 0 aliphatic carbocycles. The first-order chi connectivity index (χ1) is 6.61. The molecule has 1 fully saturated rings. The van der Waals surface area contributed by atoms with Crippen molar-refractivity contribution in [2.24, 2.45) is 5.41 Å². The lowest BCUT2D eigenvalue weighted by molar-refractivity contribution is -0.159. The molecule has 0 spiro atoms. The fraction of sp³-hybridized carbons (Fsp3) is 0.917. The Hall–Kier alpha value is -0.570. The van der Waals surface area contributed by atoms with E-state index in [1.807, 2.05) is 27.8 Å². The Morgan fingerprint density at radius 3 is 2.27 bits per heavy atom. The van der Waals surface area contributed by atoms with Gasteiger partial charge < -0.3 is 4.74 Å². The molecule has 0 radical (unpaired) electrons. The third-order valence-electron chi connectivity index (χ3n) is 2.63. The zero-order chi connectivity index (χ0) is 11.9. The maximum Gasteiger partial charge on any atom is 0.323 e. The van der Waals surface area contributed by atoms with E-state index in [4.69, 9.17) is 4.74 Å². The summed E-state index contributed by atoms with van der Waals surface area (Å²) in [6, 6.07) is -0.0702. The highest BCUT2D eigenvalue weighted by Gasteiger charge is 2.40. The van der Waals surface area contributed by atoms with Crippen molar-refractivity contribution >= 4 is 5.97 Å². The van der Waals surface area contributed by atoms with Gasteiger partial charge in [-0.05, 0) is 39.7 Å². The van der Waals surface area contributed by atoms with E-state index in [0.29, 0.717) is 0 Å². The van der Waals surface area contributed by atoms with E-state index in [1.54, 1.807) is 0 Å². The fourth-order valence-electron chi connectivity index (χ4n) is 2.16. The van der Waals surface area contributed by atoms with Crippen molar-refractivity contribution in [2.45, 2.75) is 52.7 Å². The van der Waals surface area contributed by atoms with Crippen LogP contribution in [0.3, 0.4) is 0 Å². The van der Waals surface area contributed by atoms with Crippen LogP contribution < -0.4 is 0 Å². The predicted molar refractivity (Wildman–Crippen MR) is 60.7 cm³/mol. The van der Waals surface area contributed by atoms with E-state index in [1.165, 1.54) is 0 Å². The lowest BCUT2D eigenvalue weighted by atomic mass is 9.91. The molecule has 1 heterocycles. The van der Waals surface area contributed by atoms with Gasteiger partial charge in [-0.1, -0.05) is 13.8 Å². The molecule has 0 unspecified atom stereocenters. The molecular formula is C12H23NO2. The summed E-state index contributed by atoms with van der Waals surface area (Å²) in [5, 5.41) is 0. The molecule has 0 saturated carbocycles. The third kappa shape index (κ3) is 3.49. The zero-order valence-corrected chi connectivity index (χ0v) is 10.8. The maximum absolute atomic E-state index is 11.9. The number of hydrogen-bond donors (Lipinski definition) is 0. The maximum atomic E-state index is 11.9. The Bertz CT molecular complexity index is 253. The SMILES string of the molecule is CN1CC(C)(C)C[C@H]1C(=O)OC(C)(C)C. The smallest absolute Gasteiger partial charge is 0.323 e. The van der Waals surface area contributed by atoms with Crippen molar-refractivity contribution in [2.75, 3.05) is 13.6 Å². The summed E-state index contributed by atoms with van der Waals surface area (Å²) in [4.78, 5) is 14.0. The Morgan fingerprint density at radius 1 is 1.40 bits per heavy atom. The molecule has 15 heavy (non-hydrogen) atoms. The number of hydrogen-bond acceptors (Lipinski definition) is 3. The molecule has 0 aromatic heterocycles. The lowest BCUT2D eigenvalue weighted by Crippen LogP contribution is -2.38. The lowest BCUT2D eigenvalue weighted by Gasteiger charge is -2.24. The zero-order valence-electron chi connectivity index (χ0n) is 10.8. The number of likely N-dealkylation sites (N-methyl/N-ethyl adjacent to an activating group) is 1. The van der Waals surface area contributed by atoms with Crippen LogP contribution in [0.2, 0.25) is 0 Å². The van der Waals surface area contributed by atoms with E-state index in [2.05, 4.69) is 18.7 Å². The Balaban J connectivity index is 2.62. The van der Waals surface area contributed by atoms with Crippen LogP contribution in [-0.4, -0.2) is 36.1 Å². The van der Waals surface area contributed by atoms with Crippen molar-refractivity contribution in [1.29, 1.82) is 0 Å². The second-order valence-corrected chi connectivity index (χ2v) is 6.33. The minimum absolute atomic E-state index is 0.0702. The van der Waals surface area contributed by atoms with E-state index < -0.39 is 0 Å². The monoisotopic (exact) mass is 213 g/mol. The summed E-state index contributed by atoms with van der Waals surface area (Å²) in [6.07, 6.45) is 0.887. The number of esters is 1. The molecule has 88 valence electrons. The molecule has 1 aliphatic heterocycles. The highest BCUT2D eigenvalue weighted by molar-refractivity contribution is 5.76. The van der Waals surface area contributed by atoms with Crippen molar-refractivity contribution < 1.29 is 9.53 Å². The first kappa shape index (κ1) is 12.5. The van der Waals surface area contributed by atoms with Gasteiger partial charge in [0.05, 0.1) is 0 Å². The summed E-state index contributed by atoms with van der Waals surface area (Å²) in [7, 11) is 1.99. The van der Waals surface area contributed by atoms with Gasteiger partial charge in [0.15, 0.2) is 0 Å².